The third-order valence-electron chi connectivity index (χ3n) is 5.90. The number of nitrogens with zero attached hydrogens (tertiary/aromatic N) is 1. The molecule has 0 aliphatic carbocycles. The van der Waals surface area contributed by atoms with Gasteiger partial charge in [-0.05, 0) is 50.3 Å². The smallest absolute Gasteiger partial charge is 0.191 e. The lowest BCUT2D eigenvalue weighted by molar-refractivity contribution is 0.0242. The third kappa shape index (κ3) is 5.73. The second-order valence-electron chi connectivity index (χ2n) is 7.80. The first-order valence-electron chi connectivity index (χ1n) is 9.90. The Morgan fingerprint density at radius 2 is 1.75 bits per heavy atom. The van der Waals surface area contributed by atoms with Gasteiger partial charge in [0.05, 0.1) is 12.7 Å². The summed E-state index contributed by atoms with van der Waals surface area (Å²) in [6, 6.07) is 8.43. The van der Waals surface area contributed by atoms with Crippen LogP contribution in [0.1, 0.15) is 38.2 Å². The van der Waals surface area contributed by atoms with Crippen molar-refractivity contribution in [2.24, 2.45) is 4.99 Å². The van der Waals surface area contributed by atoms with Crippen molar-refractivity contribution in [3.8, 4) is 5.75 Å². The van der Waals surface area contributed by atoms with E-state index >= 15 is 0 Å². The van der Waals surface area contributed by atoms with Crippen LogP contribution in [0.2, 0.25) is 0 Å². The molecular formula is C21H34IN3O3. The fourth-order valence-corrected chi connectivity index (χ4v) is 3.99. The third-order valence-corrected chi connectivity index (χ3v) is 5.90. The van der Waals surface area contributed by atoms with Gasteiger partial charge < -0.3 is 24.8 Å². The van der Waals surface area contributed by atoms with Gasteiger partial charge in [-0.3, -0.25) is 4.99 Å². The van der Waals surface area contributed by atoms with Crippen molar-refractivity contribution in [1.82, 2.24) is 10.6 Å². The van der Waals surface area contributed by atoms with Crippen molar-refractivity contribution in [3.63, 3.8) is 0 Å². The summed E-state index contributed by atoms with van der Waals surface area (Å²) in [5, 5.41) is 6.99. The monoisotopic (exact) mass is 503 g/mol. The standard InChI is InChI=1S/C21H33N3O3.HI/c1-20(9-4-12-27-20)15-23-19(22-2)24-16-21(10-13-26-14-11-21)17-5-7-18(25-3)8-6-17;/h5-8H,4,9-16H2,1-3H3,(H2,22,23,24);1H. The molecule has 2 fully saturated rings. The highest BCUT2D eigenvalue weighted by Crippen LogP contribution is 2.35. The molecule has 3 rings (SSSR count). The molecular weight excluding hydrogens is 469 g/mol. The number of aliphatic imine (C=N–C) groups is 1. The molecule has 2 N–H and O–H groups in total. The van der Waals surface area contributed by atoms with E-state index < -0.39 is 0 Å². The normalized spacial score (nSPS) is 24.3. The summed E-state index contributed by atoms with van der Waals surface area (Å²) in [7, 11) is 3.52. The number of guanidine groups is 1. The molecule has 158 valence electrons. The van der Waals surface area contributed by atoms with Crippen LogP contribution in [0.4, 0.5) is 0 Å². The van der Waals surface area contributed by atoms with Crippen molar-refractivity contribution >= 4 is 29.9 Å². The summed E-state index contributed by atoms with van der Waals surface area (Å²) in [4.78, 5) is 4.40. The lowest BCUT2D eigenvalue weighted by Gasteiger charge is -2.38. The highest BCUT2D eigenvalue weighted by atomic mass is 127. The van der Waals surface area contributed by atoms with Gasteiger partial charge in [-0.25, -0.2) is 0 Å². The molecule has 0 saturated carbocycles. The largest absolute Gasteiger partial charge is 0.497 e. The summed E-state index contributed by atoms with van der Waals surface area (Å²) in [6.07, 6.45) is 4.20. The molecule has 1 atom stereocenters. The van der Waals surface area contributed by atoms with Gasteiger partial charge in [-0.2, -0.15) is 0 Å². The van der Waals surface area contributed by atoms with Crippen LogP contribution in [0.3, 0.4) is 0 Å². The number of halogens is 1. The number of hydrogen-bond acceptors (Lipinski definition) is 4. The van der Waals surface area contributed by atoms with Gasteiger partial charge in [0.1, 0.15) is 5.75 Å². The van der Waals surface area contributed by atoms with Gasteiger partial charge in [-0.1, -0.05) is 12.1 Å². The average Bonchev–Trinajstić information content (AvgIpc) is 3.15. The zero-order chi connectivity index (χ0) is 19.2. The summed E-state index contributed by atoms with van der Waals surface area (Å²) < 4.78 is 16.8. The van der Waals surface area contributed by atoms with Gasteiger partial charge in [-0.15, -0.1) is 24.0 Å². The zero-order valence-corrected chi connectivity index (χ0v) is 19.6. The second kappa shape index (κ2) is 10.6. The summed E-state index contributed by atoms with van der Waals surface area (Å²) in [6.45, 7) is 6.17. The Hall–Kier alpha value is -1.06. The van der Waals surface area contributed by atoms with E-state index in [1.807, 2.05) is 19.2 Å². The van der Waals surface area contributed by atoms with Crippen molar-refractivity contribution in [1.29, 1.82) is 0 Å². The van der Waals surface area contributed by atoms with E-state index in [0.29, 0.717) is 0 Å². The van der Waals surface area contributed by atoms with Gasteiger partial charge in [0, 0.05) is 45.4 Å². The molecule has 1 aromatic rings. The van der Waals surface area contributed by atoms with Crippen molar-refractivity contribution in [2.45, 2.75) is 43.6 Å². The SMILES string of the molecule is CN=C(NCC1(C)CCCO1)NCC1(c2ccc(OC)cc2)CCOCC1.I. The van der Waals surface area contributed by atoms with Crippen LogP contribution in [-0.4, -0.2) is 58.6 Å². The molecule has 2 saturated heterocycles. The minimum Gasteiger partial charge on any atom is -0.497 e. The maximum atomic E-state index is 5.87. The Balaban J connectivity index is 0.00000280. The lowest BCUT2D eigenvalue weighted by Crippen LogP contribution is -2.50. The van der Waals surface area contributed by atoms with Crippen LogP contribution in [0.5, 0.6) is 5.75 Å². The maximum Gasteiger partial charge on any atom is 0.191 e. The van der Waals surface area contributed by atoms with E-state index in [2.05, 4.69) is 34.7 Å². The van der Waals surface area contributed by atoms with Gasteiger partial charge in [0.15, 0.2) is 5.96 Å². The topological polar surface area (TPSA) is 64.1 Å². The number of rotatable bonds is 6. The number of hydrogen-bond donors (Lipinski definition) is 2. The quantitative estimate of drug-likeness (QED) is 0.355. The lowest BCUT2D eigenvalue weighted by atomic mass is 9.74. The van der Waals surface area contributed by atoms with Gasteiger partial charge in [0.25, 0.3) is 0 Å². The minimum absolute atomic E-state index is 0. The Kier molecular flexibility index (Phi) is 8.82. The number of benzene rings is 1. The Labute approximate surface area is 185 Å². The molecule has 28 heavy (non-hydrogen) atoms. The average molecular weight is 503 g/mol. The fraction of sp³-hybridized carbons (Fsp3) is 0.667. The molecule has 0 bridgehead atoms. The highest BCUT2D eigenvalue weighted by molar-refractivity contribution is 14.0. The molecule has 2 aliphatic heterocycles. The van der Waals surface area contributed by atoms with Crippen LogP contribution in [0, 0.1) is 0 Å². The van der Waals surface area contributed by atoms with Crippen LogP contribution >= 0.6 is 24.0 Å². The Morgan fingerprint density at radius 1 is 1.07 bits per heavy atom. The van der Waals surface area contributed by atoms with E-state index in [9.17, 15) is 0 Å². The van der Waals surface area contributed by atoms with Gasteiger partial charge in [0.2, 0.25) is 0 Å². The first-order valence-corrected chi connectivity index (χ1v) is 9.90. The zero-order valence-electron chi connectivity index (χ0n) is 17.3. The maximum absolute atomic E-state index is 5.87. The summed E-state index contributed by atoms with van der Waals surface area (Å²) in [5.74, 6) is 1.71. The molecule has 0 radical (unpaired) electrons. The van der Waals surface area contributed by atoms with Crippen LogP contribution in [0.15, 0.2) is 29.3 Å². The minimum atomic E-state index is -0.0933. The molecule has 2 aliphatic rings. The van der Waals surface area contributed by atoms with Crippen molar-refractivity contribution < 1.29 is 14.2 Å². The predicted molar refractivity (Wildman–Crippen MR) is 123 cm³/mol. The Bertz CT molecular complexity index is 624. The summed E-state index contributed by atoms with van der Waals surface area (Å²) >= 11 is 0. The number of methoxy groups -OCH3 is 1. The highest BCUT2D eigenvalue weighted by Gasteiger charge is 2.35. The second-order valence-corrected chi connectivity index (χ2v) is 7.80. The van der Waals surface area contributed by atoms with Crippen molar-refractivity contribution in [2.75, 3.05) is 47.1 Å². The first-order chi connectivity index (χ1) is 13.1. The van der Waals surface area contributed by atoms with E-state index in [4.69, 9.17) is 14.2 Å². The molecule has 1 aromatic carbocycles. The molecule has 0 aromatic heterocycles. The molecule has 2 heterocycles. The fourth-order valence-electron chi connectivity index (χ4n) is 3.99. The Morgan fingerprint density at radius 3 is 2.32 bits per heavy atom. The predicted octanol–water partition coefficient (Wildman–Crippen LogP) is 3.10. The van der Waals surface area contributed by atoms with E-state index in [0.717, 1.165) is 70.3 Å². The first kappa shape index (κ1) is 23.2. The van der Waals surface area contributed by atoms with Crippen molar-refractivity contribution in [3.05, 3.63) is 29.8 Å². The number of nitrogens with one attached hydrogen (secondary N) is 2. The summed E-state index contributed by atoms with van der Waals surface area (Å²) in [5.41, 5.74) is 1.26. The van der Waals surface area contributed by atoms with Crippen LogP contribution in [0.25, 0.3) is 0 Å². The number of ether oxygens (including phenoxy) is 3. The van der Waals surface area contributed by atoms with E-state index in [1.54, 1.807) is 7.11 Å². The molecule has 0 spiro atoms. The van der Waals surface area contributed by atoms with Gasteiger partial charge >= 0.3 is 0 Å². The molecule has 1 unspecified atom stereocenters. The molecule has 6 nitrogen and oxygen atoms in total. The molecule has 0 amide bonds. The molecule has 7 heteroatoms. The van der Waals surface area contributed by atoms with E-state index in [1.165, 1.54) is 5.56 Å². The van der Waals surface area contributed by atoms with Crippen LogP contribution in [-0.2, 0) is 14.9 Å². The van der Waals surface area contributed by atoms with E-state index in [-0.39, 0.29) is 35.0 Å². The van der Waals surface area contributed by atoms with Crippen LogP contribution < -0.4 is 15.4 Å².